The molecule has 0 saturated carbocycles. The maximum absolute atomic E-state index is 8.53. The zero-order chi connectivity index (χ0) is 11.1. The lowest BCUT2D eigenvalue weighted by molar-refractivity contribution is 0.791. The van der Waals surface area contributed by atoms with Gasteiger partial charge in [0.05, 0.1) is 30.7 Å². The van der Waals surface area contributed by atoms with Crippen LogP contribution in [-0.4, -0.2) is 18.1 Å². The van der Waals surface area contributed by atoms with Gasteiger partial charge in [0, 0.05) is 18.5 Å². The first-order chi connectivity index (χ1) is 7.27. The van der Waals surface area contributed by atoms with Crippen LogP contribution < -0.4 is 4.90 Å². The Hall–Kier alpha value is -1.59. The third-order valence-electron chi connectivity index (χ3n) is 1.86. The monoisotopic (exact) mass is 220 g/mol. The quantitative estimate of drug-likeness (QED) is 0.762. The molecule has 0 unspecified atom stereocenters. The minimum atomic E-state index is 0.462. The van der Waals surface area contributed by atoms with Crippen LogP contribution in [0.2, 0.25) is 0 Å². The van der Waals surface area contributed by atoms with Crippen molar-refractivity contribution in [3.05, 3.63) is 11.1 Å². The molecule has 78 valence electrons. The lowest BCUT2D eigenvalue weighted by Crippen LogP contribution is -2.25. The van der Waals surface area contributed by atoms with Crippen LogP contribution >= 0.6 is 11.3 Å². The molecule has 1 aromatic heterocycles. The summed E-state index contributed by atoms with van der Waals surface area (Å²) in [5, 5.41) is 19.9. The van der Waals surface area contributed by atoms with E-state index in [0.29, 0.717) is 25.9 Å². The highest BCUT2D eigenvalue weighted by molar-refractivity contribution is 7.13. The molecule has 0 atom stereocenters. The predicted molar refractivity (Wildman–Crippen MR) is 59.5 cm³/mol. The van der Waals surface area contributed by atoms with Crippen LogP contribution in [0.25, 0.3) is 0 Å². The van der Waals surface area contributed by atoms with E-state index in [1.165, 1.54) is 0 Å². The highest BCUT2D eigenvalue weighted by atomic mass is 32.1. The summed E-state index contributed by atoms with van der Waals surface area (Å²) in [7, 11) is 0. The Labute approximate surface area is 93.4 Å². The molecule has 5 heteroatoms. The number of rotatable bonds is 5. The summed E-state index contributed by atoms with van der Waals surface area (Å²) in [5.74, 6) is 0. The summed E-state index contributed by atoms with van der Waals surface area (Å²) in [6, 6.07) is 4.21. The van der Waals surface area contributed by atoms with Gasteiger partial charge >= 0.3 is 0 Å². The molecule has 0 radical (unpaired) electrons. The molecule has 15 heavy (non-hydrogen) atoms. The van der Waals surface area contributed by atoms with Crippen LogP contribution in [0.5, 0.6) is 0 Å². The molecule has 0 N–H and O–H groups in total. The molecule has 0 aliphatic rings. The average Bonchev–Trinajstić information content (AvgIpc) is 2.65. The van der Waals surface area contributed by atoms with Gasteiger partial charge in [-0.25, -0.2) is 4.98 Å². The molecule has 0 aliphatic heterocycles. The van der Waals surface area contributed by atoms with Gasteiger partial charge in [-0.15, -0.1) is 11.3 Å². The first kappa shape index (κ1) is 11.5. The molecule has 0 aliphatic carbocycles. The molecular formula is C10H12N4S. The van der Waals surface area contributed by atoms with Crippen molar-refractivity contribution in [2.24, 2.45) is 0 Å². The number of aromatic nitrogens is 1. The smallest absolute Gasteiger partial charge is 0.185 e. The van der Waals surface area contributed by atoms with Crippen LogP contribution in [0.4, 0.5) is 5.13 Å². The third-order valence-corrected chi connectivity index (χ3v) is 2.88. The summed E-state index contributed by atoms with van der Waals surface area (Å²) in [5.41, 5.74) is 0.980. The third kappa shape index (κ3) is 3.57. The van der Waals surface area contributed by atoms with Crippen molar-refractivity contribution in [3.8, 4) is 12.1 Å². The first-order valence-corrected chi connectivity index (χ1v) is 5.57. The van der Waals surface area contributed by atoms with Gasteiger partial charge in [0.25, 0.3) is 0 Å². The molecular weight excluding hydrogens is 208 g/mol. The van der Waals surface area contributed by atoms with Crippen LogP contribution in [0, 0.1) is 29.6 Å². The van der Waals surface area contributed by atoms with Crippen molar-refractivity contribution in [3.63, 3.8) is 0 Å². The fraction of sp³-hybridized carbons (Fsp3) is 0.500. The zero-order valence-corrected chi connectivity index (χ0v) is 9.42. The van der Waals surface area contributed by atoms with Crippen molar-refractivity contribution in [1.29, 1.82) is 10.5 Å². The van der Waals surface area contributed by atoms with E-state index in [1.807, 2.05) is 17.2 Å². The van der Waals surface area contributed by atoms with Crippen molar-refractivity contribution in [2.75, 3.05) is 18.0 Å². The number of thiazole rings is 1. The summed E-state index contributed by atoms with van der Waals surface area (Å²) < 4.78 is 0. The minimum absolute atomic E-state index is 0.462. The molecule has 1 aromatic rings. The number of anilines is 1. The minimum Gasteiger partial charge on any atom is -0.346 e. The summed E-state index contributed by atoms with van der Waals surface area (Å²) in [6.07, 6.45) is 0.925. The highest BCUT2D eigenvalue weighted by Crippen LogP contribution is 2.20. The van der Waals surface area contributed by atoms with Crippen LogP contribution in [-0.2, 0) is 0 Å². The molecule has 0 saturated heterocycles. The van der Waals surface area contributed by atoms with E-state index < -0.39 is 0 Å². The normalized spacial score (nSPS) is 9.27. The maximum atomic E-state index is 8.53. The molecule has 4 nitrogen and oxygen atoms in total. The second kappa shape index (κ2) is 6.00. The highest BCUT2D eigenvalue weighted by Gasteiger charge is 2.09. The van der Waals surface area contributed by atoms with Gasteiger partial charge in [0.1, 0.15) is 0 Å². The lowest BCUT2D eigenvalue weighted by atomic mass is 10.4. The van der Waals surface area contributed by atoms with Gasteiger partial charge in [-0.3, -0.25) is 0 Å². The molecule has 0 fully saturated rings. The van der Waals surface area contributed by atoms with E-state index in [0.717, 1.165) is 10.8 Å². The summed E-state index contributed by atoms with van der Waals surface area (Å²) >= 11 is 1.55. The molecule has 0 amide bonds. The fourth-order valence-electron chi connectivity index (χ4n) is 1.16. The van der Waals surface area contributed by atoms with E-state index in [4.69, 9.17) is 10.5 Å². The SMILES string of the molecule is Cc1csc(N(CCC#N)CCC#N)n1. The van der Waals surface area contributed by atoms with Crippen LogP contribution in [0.15, 0.2) is 5.38 Å². The van der Waals surface area contributed by atoms with Gasteiger partial charge in [0.15, 0.2) is 5.13 Å². The number of aryl methyl sites for hydroxylation is 1. The van der Waals surface area contributed by atoms with Gasteiger partial charge in [-0.2, -0.15) is 10.5 Å². The Bertz CT molecular complexity index is 367. The van der Waals surface area contributed by atoms with E-state index in [9.17, 15) is 0 Å². The van der Waals surface area contributed by atoms with Crippen LogP contribution in [0.3, 0.4) is 0 Å². The van der Waals surface area contributed by atoms with E-state index >= 15 is 0 Å². The Morgan fingerprint density at radius 3 is 2.33 bits per heavy atom. The second-order valence-corrected chi connectivity index (χ2v) is 3.91. The molecule has 0 spiro atoms. The van der Waals surface area contributed by atoms with Crippen molar-refractivity contribution < 1.29 is 0 Å². The summed E-state index contributed by atoms with van der Waals surface area (Å²) in [4.78, 5) is 6.33. The standard InChI is InChI=1S/C10H12N4S/c1-9-8-15-10(13-9)14(6-2-4-11)7-3-5-12/h8H,2-3,6-7H2,1H3. The van der Waals surface area contributed by atoms with E-state index in [2.05, 4.69) is 17.1 Å². The van der Waals surface area contributed by atoms with Crippen molar-refractivity contribution in [1.82, 2.24) is 4.98 Å². The van der Waals surface area contributed by atoms with Gasteiger partial charge in [-0.05, 0) is 6.92 Å². The first-order valence-electron chi connectivity index (χ1n) is 4.69. The molecule has 1 rings (SSSR count). The van der Waals surface area contributed by atoms with E-state index in [-0.39, 0.29) is 0 Å². The van der Waals surface area contributed by atoms with Gasteiger partial charge < -0.3 is 4.90 Å². The topological polar surface area (TPSA) is 63.7 Å². The largest absolute Gasteiger partial charge is 0.346 e. The Balaban J connectivity index is 2.64. The number of hydrogen-bond acceptors (Lipinski definition) is 5. The second-order valence-electron chi connectivity index (χ2n) is 3.07. The Morgan fingerprint density at radius 2 is 1.93 bits per heavy atom. The molecule has 0 aromatic carbocycles. The molecule has 0 bridgehead atoms. The number of nitrogens with zero attached hydrogens (tertiary/aromatic N) is 4. The molecule has 1 heterocycles. The summed E-state index contributed by atoms with van der Waals surface area (Å²) in [6.45, 7) is 3.23. The van der Waals surface area contributed by atoms with Gasteiger partial charge in [0.2, 0.25) is 0 Å². The predicted octanol–water partition coefficient (Wildman–Crippen LogP) is 2.09. The zero-order valence-electron chi connectivity index (χ0n) is 8.60. The number of hydrogen-bond donors (Lipinski definition) is 0. The van der Waals surface area contributed by atoms with Crippen LogP contribution in [0.1, 0.15) is 18.5 Å². The Morgan fingerprint density at radius 1 is 1.33 bits per heavy atom. The van der Waals surface area contributed by atoms with Gasteiger partial charge in [-0.1, -0.05) is 0 Å². The van der Waals surface area contributed by atoms with Crippen molar-refractivity contribution >= 4 is 16.5 Å². The number of nitriles is 2. The average molecular weight is 220 g/mol. The lowest BCUT2D eigenvalue weighted by Gasteiger charge is -2.18. The maximum Gasteiger partial charge on any atom is 0.185 e. The fourth-order valence-corrected chi connectivity index (χ4v) is 2.02. The van der Waals surface area contributed by atoms with Crippen molar-refractivity contribution in [2.45, 2.75) is 19.8 Å². The van der Waals surface area contributed by atoms with E-state index in [1.54, 1.807) is 11.3 Å². The Kier molecular flexibility index (Phi) is 4.59.